The van der Waals surface area contributed by atoms with Crippen LogP contribution in [0.4, 0.5) is 0 Å². The summed E-state index contributed by atoms with van der Waals surface area (Å²) >= 11 is 0. The zero-order valence-corrected chi connectivity index (χ0v) is 14.1. The van der Waals surface area contributed by atoms with E-state index >= 15 is 0 Å². The Bertz CT molecular complexity index is 846. The highest BCUT2D eigenvalue weighted by Gasteiger charge is 2.23. The van der Waals surface area contributed by atoms with Crippen LogP contribution < -0.4 is 16.6 Å². The van der Waals surface area contributed by atoms with Crippen molar-refractivity contribution in [2.24, 2.45) is 0 Å². The van der Waals surface area contributed by atoms with Crippen LogP contribution >= 0.6 is 0 Å². The van der Waals surface area contributed by atoms with E-state index < -0.39 is 11.2 Å². The van der Waals surface area contributed by atoms with Gasteiger partial charge in [0, 0.05) is 31.3 Å². The van der Waals surface area contributed by atoms with Crippen LogP contribution in [-0.2, 0) is 11.3 Å². The van der Waals surface area contributed by atoms with Gasteiger partial charge >= 0.3 is 5.69 Å². The van der Waals surface area contributed by atoms with E-state index in [-0.39, 0.29) is 24.9 Å². The van der Waals surface area contributed by atoms with Crippen molar-refractivity contribution in [1.82, 2.24) is 29.6 Å². The fraction of sp³-hybridized carbons (Fsp3) is 0.562. The second kappa shape index (κ2) is 7.45. The van der Waals surface area contributed by atoms with Crippen LogP contribution in [0.1, 0.15) is 56.9 Å². The van der Waals surface area contributed by atoms with Crippen LogP contribution in [0.3, 0.4) is 0 Å². The highest BCUT2D eigenvalue weighted by atomic mass is 16.2. The number of aryl methyl sites for hydroxylation is 1. The van der Waals surface area contributed by atoms with Crippen molar-refractivity contribution >= 4 is 5.91 Å². The van der Waals surface area contributed by atoms with Crippen molar-refractivity contribution in [2.75, 3.05) is 0 Å². The molecule has 25 heavy (non-hydrogen) atoms. The molecule has 1 amide bonds. The highest BCUT2D eigenvalue weighted by Crippen LogP contribution is 2.31. The molecule has 9 heteroatoms. The SMILES string of the molecule is C[C@H](NC(=O)CCn1ccc(=O)[nH]c1=O)c1nncn1C1CCCC1. The predicted molar refractivity (Wildman–Crippen MR) is 90.0 cm³/mol. The summed E-state index contributed by atoms with van der Waals surface area (Å²) < 4.78 is 3.36. The third-order valence-corrected chi connectivity index (χ3v) is 4.56. The lowest BCUT2D eigenvalue weighted by Gasteiger charge is -2.18. The van der Waals surface area contributed by atoms with Gasteiger partial charge in [0.1, 0.15) is 6.33 Å². The van der Waals surface area contributed by atoms with Gasteiger partial charge in [-0.3, -0.25) is 14.6 Å². The number of nitrogens with one attached hydrogen (secondary N) is 2. The molecule has 2 aromatic rings. The zero-order chi connectivity index (χ0) is 17.8. The number of hydrogen-bond acceptors (Lipinski definition) is 5. The Morgan fingerprint density at radius 2 is 2.16 bits per heavy atom. The molecule has 1 aliphatic carbocycles. The van der Waals surface area contributed by atoms with Crippen molar-refractivity contribution < 1.29 is 4.79 Å². The van der Waals surface area contributed by atoms with E-state index in [0.29, 0.717) is 6.04 Å². The van der Waals surface area contributed by atoms with Gasteiger partial charge in [-0.1, -0.05) is 12.8 Å². The largest absolute Gasteiger partial charge is 0.346 e. The lowest BCUT2D eigenvalue weighted by Crippen LogP contribution is -2.33. The maximum atomic E-state index is 12.2. The van der Waals surface area contributed by atoms with Gasteiger partial charge in [-0.25, -0.2) is 4.79 Å². The number of hydrogen-bond donors (Lipinski definition) is 2. The molecule has 0 aromatic carbocycles. The average molecular weight is 346 g/mol. The Morgan fingerprint density at radius 1 is 1.40 bits per heavy atom. The van der Waals surface area contributed by atoms with Crippen LogP contribution in [0.15, 0.2) is 28.2 Å². The average Bonchev–Trinajstić information content (AvgIpc) is 3.25. The van der Waals surface area contributed by atoms with Gasteiger partial charge in [-0.05, 0) is 19.8 Å². The molecule has 3 rings (SSSR count). The van der Waals surface area contributed by atoms with Crippen molar-refractivity contribution in [1.29, 1.82) is 0 Å². The smallest absolute Gasteiger partial charge is 0.328 e. The third kappa shape index (κ3) is 4.04. The Labute approximate surface area is 144 Å². The standard InChI is InChI=1S/C16H22N6O3/c1-11(15-20-17-10-22(15)12-4-2-3-5-12)18-13(23)6-8-21-9-7-14(24)19-16(21)25/h7,9-12H,2-6,8H2,1H3,(H,18,23)(H,19,24,25)/t11-/m0/s1. The van der Waals surface area contributed by atoms with Gasteiger partial charge < -0.3 is 14.5 Å². The van der Waals surface area contributed by atoms with Gasteiger partial charge in [0.15, 0.2) is 5.82 Å². The summed E-state index contributed by atoms with van der Waals surface area (Å²) in [6.07, 6.45) is 7.88. The lowest BCUT2D eigenvalue weighted by atomic mass is 10.2. The lowest BCUT2D eigenvalue weighted by molar-refractivity contribution is -0.122. The van der Waals surface area contributed by atoms with Crippen LogP contribution in [0.25, 0.3) is 0 Å². The summed E-state index contributed by atoms with van der Waals surface area (Å²) in [5.41, 5.74) is -0.972. The first-order valence-electron chi connectivity index (χ1n) is 8.53. The molecule has 0 bridgehead atoms. The fourth-order valence-corrected chi connectivity index (χ4v) is 3.25. The first kappa shape index (κ1) is 17.1. The molecule has 134 valence electrons. The summed E-state index contributed by atoms with van der Waals surface area (Å²) in [4.78, 5) is 37.0. The Hall–Kier alpha value is -2.71. The summed E-state index contributed by atoms with van der Waals surface area (Å²) in [7, 11) is 0. The van der Waals surface area contributed by atoms with E-state index in [4.69, 9.17) is 0 Å². The molecule has 2 N–H and O–H groups in total. The number of rotatable bonds is 6. The van der Waals surface area contributed by atoms with Crippen molar-refractivity contribution in [3.05, 3.63) is 45.3 Å². The summed E-state index contributed by atoms with van der Waals surface area (Å²) in [5, 5.41) is 11.0. The quantitative estimate of drug-likeness (QED) is 0.791. The molecule has 0 aliphatic heterocycles. The molecular formula is C16H22N6O3. The van der Waals surface area contributed by atoms with Crippen molar-refractivity contribution in [3.63, 3.8) is 0 Å². The van der Waals surface area contributed by atoms with E-state index in [1.165, 1.54) is 29.7 Å². The van der Waals surface area contributed by atoms with E-state index in [1.807, 2.05) is 6.92 Å². The monoisotopic (exact) mass is 346 g/mol. The summed E-state index contributed by atoms with van der Waals surface area (Å²) in [6.45, 7) is 2.07. The third-order valence-electron chi connectivity index (χ3n) is 4.56. The molecule has 2 aromatic heterocycles. The van der Waals surface area contributed by atoms with Crippen LogP contribution in [0, 0.1) is 0 Å². The van der Waals surface area contributed by atoms with E-state index in [0.717, 1.165) is 18.7 Å². The minimum absolute atomic E-state index is 0.133. The van der Waals surface area contributed by atoms with Crippen LogP contribution in [0.2, 0.25) is 0 Å². The maximum Gasteiger partial charge on any atom is 0.328 e. The molecule has 1 atom stereocenters. The summed E-state index contributed by atoms with van der Waals surface area (Å²) in [5.74, 6) is 0.563. The van der Waals surface area contributed by atoms with E-state index in [2.05, 4.69) is 25.1 Å². The molecule has 0 radical (unpaired) electrons. The number of carbonyl (C=O) groups excluding carboxylic acids is 1. The Morgan fingerprint density at radius 3 is 2.88 bits per heavy atom. The molecular weight excluding hydrogens is 324 g/mol. The summed E-state index contributed by atoms with van der Waals surface area (Å²) in [6, 6.07) is 1.40. The molecule has 0 saturated heterocycles. The predicted octanol–water partition coefficient (Wildman–Crippen LogP) is 0.511. The number of amides is 1. The highest BCUT2D eigenvalue weighted by molar-refractivity contribution is 5.76. The van der Waals surface area contributed by atoms with Gasteiger partial charge in [0.05, 0.1) is 6.04 Å². The van der Waals surface area contributed by atoms with Gasteiger partial charge in [-0.2, -0.15) is 0 Å². The van der Waals surface area contributed by atoms with Gasteiger partial charge in [0.2, 0.25) is 5.91 Å². The minimum atomic E-state index is -0.519. The zero-order valence-electron chi connectivity index (χ0n) is 14.1. The number of carbonyl (C=O) groups is 1. The first-order valence-corrected chi connectivity index (χ1v) is 8.53. The topological polar surface area (TPSA) is 115 Å². The van der Waals surface area contributed by atoms with E-state index in [9.17, 15) is 14.4 Å². The molecule has 0 unspecified atom stereocenters. The second-order valence-corrected chi connectivity index (χ2v) is 6.38. The molecule has 1 fully saturated rings. The number of aromatic nitrogens is 5. The van der Waals surface area contributed by atoms with Crippen LogP contribution in [0.5, 0.6) is 0 Å². The fourth-order valence-electron chi connectivity index (χ4n) is 3.25. The van der Waals surface area contributed by atoms with E-state index in [1.54, 1.807) is 6.33 Å². The first-order chi connectivity index (χ1) is 12.0. The molecule has 9 nitrogen and oxygen atoms in total. The van der Waals surface area contributed by atoms with Crippen LogP contribution in [-0.4, -0.2) is 30.2 Å². The molecule has 1 saturated carbocycles. The maximum absolute atomic E-state index is 12.2. The van der Waals surface area contributed by atoms with Gasteiger partial charge in [-0.15, -0.1) is 10.2 Å². The number of nitrogens with zero attached hydrogens (tertiary/aromatic N) is 4. The molecule has 0 spiro atoms. The number of aromatic amines is 1. The Balaban J connectivity index is 1.58. The normalized spacial score (nSPS) is 16.0. The molecule has 2 heterocycles. The second-order valence-electron chi connectivity index (χ2n) is 6.38. The van der Waals surface area contributed by atoms with Crippen molar-refractivity contribution in [3.8, 4) is 0 Å². The minimum Gasteiger partial charge on any atom is -0.346 e. The van der Waals surface area contributed by atoms with Gasteiger partial charge in [0.25, 0.3) is 5.56 Å². The Kier molecular flexibility index (Phi) is 5.11. The molecule has 1 aliphatic rings. The number of H-pyrrole nitrogens is 1. The van der Waals surface area contributed by atoms with Crippen molar-refractivity contribution in [2.45, 2.75) is 57.7 Å².